The summed E-state index contributed by atoms with van der Waals surface area (Å²) in [5, 5.41) is 3.73. The van der Waals surface area contributed by atoms with Crippen LogP contribution in [0.5, 0.6) is 0 Å². The van der Waals surface area contributed by atoms with Crippen molar-refractivity contribution in [2.24, 2.45) is 5.92 Å². The van der Waals surface area contributed by atoms with Gasteiger partial charge in [0.1, 0.15) is 5.60 Å². The van der Waals surface area contributed by atoms with Crippen LogP contribution in [0.4, 0.5) is 0 Å². The van der Waals surface area contributed by atoms with Crippen molar-refractivity contribution in [3.63, 3.8) is 0 Å². The van der Waals surface area contributed by atoms with Crippen molar-refractivity contribution in [1.29, 1.82) is 0 Å². The number of rotatable bonds is 3. The molecule has 1 aromatic rings. The Balaban J connectivity index is 2.09. The molecule has 1 aliphatic rings. The summed E-state index contributed by atoms with van der Waals surface area (Å²) in [7, 11) is 0. The lowest BCUT2D eigenvalue weighted by atomic mass is 9.83. The molecule has 1 aromatic carbocycles. The third-order valence-corrected chi connectivity index (χ3v) is 4.64. The summed E-state index contributed by atoms with van der Waals surface area (Å²) in [6.07, 6.45) is 2.04. The predicted octanol–water partition coefficient (Wildman–Crippen LogP) is 4.04. The van der Waals surface area contributed by atoms with E-state index in [0.717, 1.165) is 30.4 Å². The van der Waals surface area contributed by atoms with E-state index >= 15 is 0 Å². The molecule has 0 unspecified atom stereocenters. The molecule has 1 heterocycles. The van der Waals surface area contributed by atoms with Crippen molar-refractivity contribution in [1.82, 2.24) is 5.32 Å². The Morgan fingerprint density at radius 3 is 2.65 bits per heavy atom. The van der Waals surface area contributed by atoms with Crippen LogP contribution in [0.25, 0.3) is 0 Å². The second kappa shape index (κ2) is 6.46. The smallest absolute Gasteiger partial charge is 0.340 e. The highest BCUT2D eigenvalue weighted by molar-refractivity contribution is 9.10. The molecular weight excluding hydrogens is 342 g/mol. The average Bonchev–Trinajstić information content (AvgIpc) is 2.39. The fourth-order valence-corrected chi connectivity index (χ4v) is 3.30. The Bertz CT molecular complexity index is 499. The minimum Gasteiger partial charge on any atom is -0.456 e. The van der Waals surface area contributed by atoms with Crippen LogP contribution in [-0.2, 0) is 4.74 Å². The number of hydrogen-bond donors (Lipinski definition) is 1. The van der Waals surface area contributed by atoms with Crippen LogP contribution in [0.2, 0.25) is 5.02 Å². The van der Waals surface area contributed by atoms with E-state index in [1.807, 2.05) is 13.8 Å². The maximum Gasteiger partial charge on any atom is 0.340 e. The van der Waals surface area contributed by atoms with Gasteiger partial charge in [-0.2, -0.15) is 0 Å². The lowest BCUT2D eigenvalue weighted by Crippen LogP contribution is -2.42. The first-order valence-corrected chi connectivity index (χ1v) is 7.96. The molecule has 2 rings (SSSR count). The standard InChI is InChI=1S/C15H19BrClNO2/c1-15(2,10-5-7-18-8-6-10)20-14(19)12-4-3-11(16)9-13(12)17/h3-4,9-10,18H,5-8H2,1-2H3. The Morgan fingerprint density at radius 1 is 1.40 bits per heavy atom. The second-order valence-corrected chi connectivity index (χ2v) is 6.96. The minimum absolute atomic E-state index is 0.356. The zero-order valence-corrected chi connectivity index (χ0v) is 14.1. The molecule has 0 spiro atoms. The number of benzene rings is 1. The Hall–Kier alpha value is -0.580. The van der Waals surface area contributed by atoms with Gasteiger partial charge in [0.2, 0.25) is 0 Å². The number of esters is 1. The van der Waals surface area contributed by atoms with Gasteiger partial charge < -0.3 is 10.1 Å². The van der Waals surface area contributed by atoms with Crippen LogP contribution in [0.15, 0.2) is 22.7 Å². The highest BCUT2D eigenvalue weighted by atomic mass is 79.9. The molecule has 0 saturated carbocycles. The highest BCUT2D eigenvalue weighted by Gasteiger charge is 2.34. The maximum atomic E-state index is 12.3. The summed E-state index contributed by atoms with van der Waals surface area (Å²) < 4.78 is 6.56. The molecule has 0 radical (unpaired) electrons. The molecule has 0 aliphatic carbocycles. The second-order valence-electron chi connectivity index (χ2n) is 5.64. The summed E-state index contributed by atoms with van der Waals surface area (Å²) >= 11 is 9.42. The van der Waals surface area contributed by atoms with Crippen molar-refractivity contribution < 1.29 is 9.53 Å². The van der Waals surface area contributed by atoms with Gasteiger partial charge in [0.15, 0.2) is 0 Å². The Kier molecular flexibility index (Phi) is 5.10. The first kappa shape index (κ1) is 15.8. The molecule has 1 N–H and O–H groups in total. The van der Waals surface area contributed by atoms with Crippen molar-refractivity contribution in [2.45, 2.75) is 32.3 Å². The number of piperidine rings is 1. The number of ether oxygens (including phenoxy) is 1. The summed E-state index contributed by atoms with van der Waals surface area (Å²) in [5.74, 6) is 0.0213. The van der Waals surface area contributed by atoms with Gasteiger partial charge in [-0.3, -0.25) is 0 Å². The Morgan fingerprint density at radius 2 is 2.05 bits per heavy atom. The van der Waals surface area contributed by atoms with Gasteiger partial charge >= 0.3 is 5.97 Å². The summed E-state index contributed by atoms with van der Waals surface area (Å²) in [4.78, 5) is 12.3. The van der Waals surface area contributed by atoms with Crippen LogP contribution in [0.3, 0.4) is 0 Å². The van der Waals surface area contributed by atoms with E-state index in [9.17, 15) is 4.79 Å². The third kappa shape index (κ3) is 3.74. The summed E-state index contributed by atoms with van der Waals surface area (Å²) in [5.41, 5.74) is -0.0628. The van der Waals surface area contributed by atoms with Crippen molar-refractivity contribution in [2.75, 3.05) is 13.1 Å². The molecule has 0 atom stereocenters. The first-order chi connectivity index (χ1) is 9.40. The van der Waals surface area contributed by atoms with Crippen LogP contribution in [0.1, 0.15) is 37.0 Å². The first-order valence-electron chi connectivity index (χ1n) is 6.79. The van der Waals surface area contributed by atoms with Crippen LogP contribution < -0.4 is 5.32 Å². The SMILES string of the molecule is CC(C)(OC(=O)c1ccc(Br)cc1Cl)C1CCNCC1. The number of nitrogens with one attached hydrogen (secondary N) is 1. The van der Waals surface area contributed by atoms with Gasteiger partial charge in [-0.05, 0) is 58.0 Å². The highest BCUT2D eigenvalue weighted by Crippen LogP contribution is 2.31. The van der Waals surface area contributed by atoms with Crippen LogP contribution in [-0.4, -0.2) is 24.7 Å². The van der Waals surface area contributed by atoms with E-state index in [1.165, 1.54) is 0 Å². The van der Waals surface area contributed by atoms with Gasteiger partial charge in [0, 0.05) is 10.4 Å². The topological polar surface area (TPSA) is 38.3 Å². The molecule has 20 heavy (non-hydrogen) atoms. The van der Waals surface area contributed by atoms with Gasteiger partial charge in [-0.1, -0.05) is 27.5 Å². The van der Waals surface area contributed by atoms with E-state index in [0.29, 0.717) is 16.5 Å². The van der Waals surface area contributed by atoms with Crippen molar-refractivity contribution in [3.05, 3.63) is 33.3 Å². The number of carbonyl (C=O) groups excluding carboxylic acids is 1. The molecule has 0 aromatic heterocycles. The molecule has 0 bridgehead atoms. The Labute approximate surface area is 133 Å². The fraction of sp³-hybridized carbons (Fsp3) is 0.533. The molecule has 3 nitrogen and oxygen atoms in total. The van der Waals surface area contributed by atoms with Crippen LogP contribution in [0, 0.1) is 5.92 Å². The average molecular weight is 361 g/mol. The van der Waals surface area contributed by atoms with E-state index in [1.54, 1.807) is 18.2 Å². The summed E-state index contributed by atoms with van der Waals surface area (Å²) in [6, 6.07) is 5.18. The lowest BCUT2D eigenvalue weighted by molar-refractivity contribution is -0.0367. The quantitative estimate of drug-likeness (QED) is 0.827. The largest absolute Gasteiger partial charge is 0.456 e. The lowest BCUT2D eigenvalue weighted by Gasteiger charge is -2.36. The molecule has 1 saturated heterocycles. The van der Waals surface area contributed by atoms with E-state index < -0.39 is 5.60 Å². The molecular formula is C15H19BrClNO2. The van der Waals surface area contributed by atoms with E-state index in [4.69, 9.17) is 16.3 Å². The molecule has 1 fully saturated rings. The van der Waals surface area contributed by atoms with Crippen molar-refractivity contribution >= 4 is 33.5 Å². The third-order valence-electron chi connectivity index (χ3n) is 3.83. The van der Waals surface area contributed by atoms with Crippen molar-refractivity contribution in [3.8, 4) is 0 Å². The monoisotopic (exact) mass is 359 g/mol. The zero-order chi connectivity index (χ0) is 14.8. The maximum absolute atomic E-state index is 12.3. The number of hydrogen-bond acceptors (Lipinski definition) is 3. The van der Waals surface area contributed by atoms with Gasteiger partial charge in [0.25, 0.3) is 0 Å². The normalized spacial score (nSPS) is 17.0. The zero-order valence-electron chi connectivity index (χ0n) is 11.7. The van der Waals surface area contributed by atoms with Crippen LogP contribution >= 0.6 is 27.5 Å². The van der Waals surface area contributed by atoms with Gasteiger partial charge in [-0.15, -0.1) is 0 Å². The molecule has 0 amide bonds. The fourth-order valence-electron chi connectivity index (χ4n) is 2.55. The van der Waals surface area contributed by atoms with E-state index in [-0.39, 0.29) is 5.97 Å². The van der Waals surface area contributed by atoms with E-state index in [2.05, 4.69) is 21.2 Å². The molecule has 5 heteroatoms. The summed E-state index contributed by atoms with van der Waals surface area (Å²) in [6.45, 7) is 5.91. The van der Waals surface area contributed by atoms with Gasteiger partial charge in [-0.25, -0.2) is 4.79 Å². The van der Waals surface area contributed by atoms with Gasteiger partial charge in [0.05, 0.1) is 10.6 Å². The number of halogens is 2. The molecule has 110 valence electrons. The molecule has 1 aliphatic heterocycles. The number of carbonyl (C=O) groups is 1. The predicted molar refractivity (Wildman–Crippen MR) is 84.2 cm³/mol. The minimum atomic E-state index is -0.477.